The van der Waals surface area contributed by atoms with Crippen molar-refractivity contribution in [2.45, 2.75) is 328 Å². The summed E-state index contributed by atoms with van der Waals surface area (Å²) in [5.74, 6) is -0.194. The molecule has 0 fully saturated rings. The number of phosphoric ester groups is 1. The Morgan fingerprint density at radius 1 is 0.479 bits per heavy atom. The van der Waals surface area contributed by atoms with Crippen LogP contribution in [0.25, 0.3) is 0 Å². The minimum Gasteiger partial charge on any atom is -0.756 e. The first-order valence-electron chi connectivity index (χ1n) is 31.9. The Kier molecular flexibility index (Phi) is 54.5. The summed E-state index contributed by atoms with van der Waals surface area (Å²) >= 11 is 0. The Balaban J connectivity index is 4.12. The van der Waals surface area contributed by atoms with Crippen molar-refractivity contribution in [1.82, 2.24) is 5.32 Å². The van der Waals surface area contributed by atoms with E-state index in [1.807, 2.05) is 27.2 Å². The fourth-order valence-corrected chi connectivity index (χ4v) is 10.3. The Hall–Kier alpha value is -1.28. The predicted molar refractivity (Wildman–Crippen MR) is 316 cm³/mol. The van der Waals surface area contributed by atoms with Crippen LogP contribution in [0.5, 0.6) is 0 Å². The smallest absolute Gasteiger partial charge is 0.268 e. The summed E-state index contributed by atoms with van der Waals surface area (Å²) in [4.78, 5) is 25.6. The minimum absolute atomic E-state index is 0.000111. The summed E-state index contributed by atoms with van der Waals surface area (Å²) in [6, 6.07) is -0.887. The van der Waals surface area contributed by atoms with Gasteiger partial charge >= 0.3 is 0 Å². The molecule has 0 aliphatic heterocycles. The van der Waals surface area contributed by atoms with E-state index in [4.69, 9.17) is 9.05 Å². The number of likely N-dealkylation sites (N-methyl/N-ethyl adjacent to an activating group) is 1. The molecule has 2 N–H and O–H groups in total. The number of amides is 1. The van der Waals surface area contributed by atoms with E-state index in [0.29, 0.717) is 17.4 Å². The Labute approximate surface area is 455 Å². The van der Waals surface area contributed by atoms with Crippen LogP contribution in [0.15, 0.2) is 36.5 Å². The molecule has 3 atom stereocenters. The van der Waals surface area contributed by atoms with Gasteiger partial charge in [0.1, 0.15) is 13.2 Å². The first kappa shape index (κ1) is 71.7. The largest absolute Gasteiger partial charge is 0.756 e. The quantitative estimate of drug-likeness (QED) is 0.0272. The standard InChI is InChI=1S/C64H125N2O6P/c1-6-8-10-12-14-16-18-20-22-24-26-28-30-31-32-33-34-35-36-38-40-42-44-46-48-50-52-54-56-58-64(68)65-62(61-72-73(69,70)71-60-59-66(3,4)5)63(67)57-55-53-51-49-47-45-43-41-39-37-29-27-25-23-21-19-17-15-13-11-9-7-2/h26,28,31-32,55,57,62-63,67H,6-25,27,29-30,33-54,56,58-61H2,1-5H3,(H-,65,68,69,70)/b28-26-,32-31-,57-55+. The highest BCUT2D eigenvalue weighted by molar-refractivity contribution is 7.45. The molecule has 0 aromatic carbocycles. The molecule has 0 rings (SSSR count). The third-order valence-electron chi connectivity index (χ3n) is 14.6. The number of carbonyl (C=O) groups is 1. The van der Waals surface area contributed by atoms with Gasteiger partial charge in [-0.25, -0.2) is 0 Å². The number of hydrogen-bond acceptors (Lipinski definition) is 6. The maximum absolute atomic E-state index is 13.0. The first-order valence-corrected chi connectivity index (χ1v) is 33.3. The Morgan fingerprint density at radius 3 is 1.14 bits per heavy atom. The van der Waals surface area contributed by atoms with Gasteiger partial charge in [-0.15, -0.1) is 0 Å². The van der Waals surface area contributed by atoms with Crippen molar-refractivity contribution in [3.05, 3.63) is 36.5 Å². The van der Waals surface area contributed by atoms with E-state index in [1.54, 1.807) is 6.08 Å². The molecule has 0 aliphatic carbocycles. The minimum atomic E-state index is -4.60. The molecule has 1 amide bonds. The van der Waals surface area contributed by atoms with Crippen LogP contribution in [0.1, 0.15) is 316 Å². The van der Waals surface area contributed by atoms with Crippen molar-refractivity contribution in [2.75, 3.05) is 40.9 Å². The number of nitrogens with one attached hydrogen (secondary N) is 1. The highest BCUT2D eigenvalue weighted by Crippen LogP contribution is 2.38. The second kappa shape index (κ2) is 55.5. The molecule has 0 saturated heterocycles. The Morgan fingerprint density at radius 2 is 0.795 bits per heavy atom. The number of hydrogen-bond donors (Lipinski definition) is 2. The van der Waals surface area contributed by atoms with Gasteiger partial charge in [0.05, 0.1) is 39.9 Å². The van der Waals surface area contributed by atoms with E-state index >= 15 is 0 Å². The van der Waals surface area contributed by atoms with Crippen LogP contribution in [-0.2, 0) is 18.4 Å². The molecular formula is C64H125N2O6P. The predicted octanol–water partition coefficient (Wildman–Crippen LogP) is 19.1. The third-order valence-corrected chi connectivity index (χ3v) is 15.6. The molecule has 0 saturated carbocycles. The molecule has 0 bridgehead atoms. The second-order valence-electron chi connectivity index (χ2n) is 23.1. The van der Waals surface area contributed by atoms with Crippen LogP contribution < -0.4 is 10.2 Å². The summed E-state index contributed by atoms with van der Waals surface area (Å²) in [7, 11) is 1.27. The third kappa shape index (κ3) is 58.2. The lowest BCUT2D eigenvalue weighted by Gasteiger charge is -2.29. The van der Waals surface area contributed by atoms with Crippen molar-refractivity contribution in [3.8, 4) is 0 Å². The molecule has 0 radical (unpaired) electrons. The summed E-state index contributed by atoms with van der Waals surface area (Å²) < 4.78 is 23.4. The molecule has 432 valence electrons. The number of allylic oxidation sites excluding steroid dienone is 5. The van der Waals surface area contributed by atoms with E-state index in [1.165, 1.54) is 250 Å². The zero-order chi connectivity index (χ0) is 53.5. The molecule has 0 aromatic rings. The molecule has 0 aliphatic rings. The molecular weight excluding hydrogens is 924 g/mol. The van der Waals surface area contributed by atoms with Crippen molar-refractivity contribution >= 4 is 13.7 Å². The van der Waals surface area contributed by atoms with Crippen LogP contribution >= 0.6 is 7.82 Å². The number of aliphatic hydroxyl groups is 1. The van der Waals surface area contributed by atoms with Crippen LogP contribution in [0, 0.1) is 0 Å². The average molecular weight is 1050 g/mol. The number of nitrogens with zero attached hydrogens (tertiary/aromatic N) is 1. The lowest BCUT2D eigenvalue weighted by Crippen LogP contribution is -2.45. The highest BCUT2D eigenvalue weighted by atomic mass is 31.2. The van der Waals surface area contributed by atoms with Gasteiger partial charge in [-0.1, -0.05) is 294 Å². The first-order chi connectivity index (χ1) is 35.5. The van der Waals surface area contributed by atoms with E-state index in [-0.39, 0.29) is 19.1 Å². The fraction of sp³-hybridized carbons (Fsp3) is 0.891. The normalized spacial score (nSPS) is 14.0. The zero-order valence-corrected chi connectivity index (χ0v) is 50.3. The lowest BCUT2D eigenvalue weighted by atomic mass is 10.0. The Bertz CT molecular complexity index is 1280. The van der Waals surface area contributed by atoms with E-state index in [2.05, 4.69) is 43.5 Å². The highest BCUT2D eigenvalue weighted by Gasteiger charge is 2.23. The van der Waals surface area contributed by atoms with Crippen LogP contribution in [0.3, 0.4) is 0 Å². The van der Waals surface area contributed by atoms with E-state index in [0.717, 1.165) is 44.9 Å². The van der Waals surface area contributed by atoms with Gasteiger partial charge in [-0.3, -0.25) is 9.36 Å². The topological polar surface area (TPSA) is 108 Å². The van der Waals surface area contributed by atoms with Gasteiger partial charge < -0.3 is 28.8 Å². The number of quaternary nitrogens is 1. The summed E-state index contributed by atoms with van der Waals surface area (Å²) in [5, 5.41) is 13.9. The average Bonchev–Trinajstić information content (AvgIpc) is 3.35. The number of aliphatic hydroxyl groups excluding tert-OH is 1. The molecule has 9 heteroatoms. The lowest BCUT2D eigenvalue weighted by molar-refractivity contribution is -0.870. The summed E-state index contributed by atoms with van der Waals surface area (Å²) in [6.07, 6.45) is 72.3. The molecule has 0 heterocycles. The van der Waals surface area contributed by atoms with Crippen LogP contribution in [-0.4, -0.2) is 68.5 Å². The van der Waals surface area contributed by atoms with Gasteiger partial charge in [-0.2, -0.15) is 0 Å². The molecule has 73 heavy (non-hydrogen) atoms. The van der Waals surface area contributed by atoms with Crippen molar-refractivity contribution in [1.29, 1.82) is 0 Å². The number of carbonyl (C=O) groups excluding carboxylic acids is 1. The number of rotatable bonds is 59. The van der Waals surface area contributed by atoms with E-state index in [9.17, 15) is 19.4 Å². The number of unbranched alkanes of at least 4 members (excludes halogenated alkanes) is 42. The maximum atomic E-state index is 13.0. The molecule has 0 aromatic heterocycles. The van der Waals surface area contributed by atoms with Crippen molar-refractivity contribution in [2.24, 2.45) is 0 Å². The molecule has 0 spiro atoms. The maximum Gasteiger partial charge on any atom is 0.268 e. The van der Waals surface area contributed by atoms with Crippen LogP contribution in [0.4, 0.5) is 0 Å². The van der Waals surface area contributed by atoms with Gasteiger partial charge in [0.25, 0.3) is 7.82 Å². The fourth-order valence-electron chi connectivity index (χ4n) is 9.60. The van der Waals surface area contributed by atoms with Gasteiger partial charge in [0, 0.05) is 6.42 Å². The SMILES string of the molecule is CCCCCCCCCCC/C=C\C/C=C\CCCCCCCCCCCCCCCC(=O)NC(COP(=O)([O-])OCC[N+](C)(C)C)C(O)/C=C/CCCCCCCCCCCCCCCCCCCCCC. The molecule has 8 nitrogen and oxygen atoms in total. The van der Waals surface area contributed by atoms with Gasteiger partial charge in [0.15, 0.2) is 0 Å². The van der Waals surface area contributed by atoms with Crippen molar-refractivity contribution < 1.29 is 32.9 Å². The second-order valence-corrected chi connectivity index (χ2v) is 24.5. The van der Waals surface area contributed by atoms with Gasteiger partial charge in [-0.05, 0) is 51.4 Å². The zero-order valence-electron chi connectivity index (χ0n) is 49.4. The summed E-state index contributed by atoms with van der Waals surface area (Å²) in [6.45, 7) is 4.69. The van der Waals surface area contributed by atoms with Crippen LogP contribution in [0.2, 0.25) is 0 Å². The molecule has 3 unspecified atom stereocenters. The monoisotopic (exact) mass is 1050 g/mol. The van der Waals surface area contributed by atoms with Crippen molar-refractivity contribution in [3.63, 3.8) is 0 Å². The van der Waals surface area contributed by atoms with Gasteiger partial charge in [0.2, 0.25) is 5.91 Å². The van der Waals surface area contributed by atoms with E-state index < -0.39 is 20.0 Å². The number of phosphoric acid groups is 1. The summed E-state index contributed by atoms with van der Waals surface area (Å²) in [5.41, 5.74) is 0.